The molecule has 1 N–H and O–H groups in total. The minimum Gasteiger partial charge on any atom is -0.389 e. The Balaban J connectivity index is 1.85. The summed E-state index contributed by atoms with van der Waals surface area (Å²) < 4.78 is 0. The van der Waals surface area contributed by atoms with E-state index in [9.17, 15) is 5.11 Å². The Kier molecular flexibility index (Phi) is 4.94. The van der Waals surface area contributed by atoms with Crippen LogP contribution in [0.2, 0.25) is 0 Å². The lowest BCUT2D eigenvalue weighted by atomic mass is 9.77. The fraction of sp³-hybridized carbons (Fsp3) is 1.00. The fourth-order valence-electron chi connectivity index (χ4n) is 3.96. The van der Waals surface area contributed by atoms with Crippen LogP contribution in [0.4, 0.5) is 0 Å². The molecule has 1 aliphatic carbocycles. The number of rotatable bonds is 2. The molecule has 2 rings (SSSR count). The van der Waals surface area contributed by atoms with Crippen molar-refractivity contribution in [1.82, 2.24) is 4.90 Å². The quantitative estimate of drug-likeness (QED) is 0.822. The van der Waals surface area contributed by atoms with E-state index in [0.717, 1.165) is 25.3 Å². The van der Waals surface area contributed by atoms with Gasteiger partial charge in [-0.2, -0.15) is 0 Å². The van der Waals surface area contributed by atoms with Gasteiger partial charge in [0.1, 0.15) is 0 Å². The second-order valence-electron chi connectivity index (χ2n) is 8.06. The molecule has 1 saturated carbocycles. The van der Waals surface area contributed by atoms with Crippen LogP contribution in [-0.4, -0.2) is 35.2 Å². The van der Waals surface area contributed by atoms with Gasteiger partial charge < -0.3 is 10.0 Å². The van der Waals surface area contributed by atoms with E-state index in [-0.39, 0.29) is 5.60 Å². The molecule has 2 nitrogen and oxygen atoms in total. The summed E-state index contributed by atoms with van der Waals surface area (Å²) in [6, 6.07) is 0. The Morgan fingerprint density at radius 1 is 1.00 bits per heavy atom. The summed E-state index contributed by atoms with van der Waals surface area (Å²) in [6.45, 7) is 10.4. The van der Waals surface area contributed by atoms with Crippen LogP contribution in [0, 0.1) is 11.3 Å². The molecule has 0 spiro atoms. The average molecular weight is 267 g/mol. The predicted octanol–water partition coefficient (Wildman–Crippen LogP) is 3.83. The lowest BCUT2D eigenvalue weighted by Crippen LogP contribution is -2.44. The number of hydrogen-bond acceptors (Lipinski definition) is 2. The van der Waals surface area contributed by atoms with Crippen molar-refractivity contribution < 1.29 is 5.11 Å². The normalized spacial score (nSPS) is 30.0. The minimum absolute atomic E-state index is 0.375. The van der Waals surface area contributed by atoms with Gasteiger partial charge in [0.05, 0.1) is 5.60 Å². The maximum absolute atomic E-state index is 10.7. The van der Waals surface area contributed by atoms with Crippen LogP contribution in [-0.2, 0) is 0 Å². The van der Waals surface area contributed by atoms with E-state index < -0.39 is 0 Å². The summed E-state index contributed by atoms with van der Waals surface area (Å²) in [7, 11) is 0. The second kappa shape index (κ2) is 6.13. The molecule has 0 amide bonds. The van der Waals surface area contributed by atoms with Gasteiger partial charge in [0.15, 0.2) is 0 Å². The van der Waals surface area contributed by atoms with Crippen LogP contribution in [0.15, 0.2) is 0 Å². The lowest BCUT2D eigenvalue weighted by Gasteiger charge is -2.37. The summed E-state index contributed by atoms with van der Waals surface area (Å²) in [4.78, 5) is 2.54. The first kappa shape index (κ1) is 15.3. The lowest BCUT2D eigenvalue weighted by molar-refractivity contribution is -0.0259. The average Bonchev–Trinajstić information content (AvgIpc) is 2.54. The van der Waals surface area contributed by atoms with Gasteiger partial charge in [0.25, 0.3) is 0 Å². The van der Waals surface area contributed by atoms with Gasteiger partial charge in [-0.05, 0) is 56.5 Å². The molecule has 112 valence electrons. The molecule has 2 fully saturated rings. The van der Waals surface area contributed by atoms with Gasteiger partial charge in [-0.25, -0.2) is 0 Å². The van der Waals surface area contributed by atoms with Gasteiger partial charge >= 0.3 is 0 Å². The van der Waals surface area contributed by atoms with Crippen molar-refractivity contribution in [2.24, 2.45) is 11.3 Å². The molecule has 1 heterocycles. The molecule has 0 radical (unpaired) electrons. The first-order valence-electron chi connectivity index (χ1n) is 8.34. The third-order valence-electron chi connectivity index (χ3n) is 5.35. The van der Waals surface area contributed by atoms with Gasteiger partial charge in [-0.1, -0.05) is 40.0 Å². The Bertz CT molecular complexity index is 275. The zero-order valence-electron chi connectivity index (χ0n) is 13.2. The number of aliphatic hydroxyl groups is 1. The van der Waals surface area contributed by atoms with E-state index in [1.54, 1.807) is 0 Å². The Morgan fingerprint density at radius 3 is 2.32 bits per heavy atom. The van der Waals surface area contributed by atoms with Crippen molar-refractivity contribution in [2.45, 2.75) is 77.7 Å². The Morgan fingerprint density at radius 2 is 1.68 bits per heavy atom. The minimum atomic E-state index is -0.375. The second-order valence-corrected chi connectivity index (χ2v) is 8.06. The highest BCUT2D eigenvalue weighted by Crippen LogP contribution is 2.35. The third kappa shape index (κ3) is 4.46. The van der Waals surface area contributed by atoms with Crippen molar-refractivity contribution in [3.8, 4) is 0 Å². The van der Waals surface area contributed by atoms with E-state index >= 15 is 0 Å². The van der Waals surface area contributed by atoms with Crippen LogP contribution in [0.1, 0.15) is 72.1 Å². The molecule has 1 atom stereocenters. The van der Waals surface area contributed by atoms with Crippen LogP contribution in [0.3, 0.4) is 0 Å². The van der Waals surface area contributed by atoms with Gasteiger partial charge in [-0.15, -0.1) is 0 Å². The van der Waals surface area contributed by atoms with E-state index in [1.165, 1.54) is 51.6 Å². The van der Waals surface area contributed by atoms with Gasteiger partial charge in [0, 0.05) is 6.54 Å². The summed E-state index contributed by atoms with van der Waals surface area (Å²) in [5.74, 6) is 0.846. The zero-order valence-corrected chi connectivity index (χ0v) is 13.2. The van der Waals surface area contributed by atoms with Crippen LogP contribution >= 0.6 is 0 Å². The van der Waals surface area contributed by atoms with Gasteiger partial charge in [0.2, 0.25) is 0 Å². The van der Waals surface area contributed by atoms with E-state index in [2.05, 4.69) is 25.7 Å². The molecule has 0 aromatic rings. The fourth-order valence-corrected chi connectivity index (χ4v) is 3.96. The first-order valence-corrected chi connectivity index (χ1v) is 8.34. The highest BCUT2D eigenvalue weighted by molar-refractivity contribution is 4.87. The molecule has 0 bridgehead atoms. The smallest absolute Gasteiger partial charge is 0.0774 e. The number of nitrogens with zero attached hydrogens (tertiary/aromatic N) is 1. The van der Waals surface area contributed by atoms with Crippen LogP contribution in [0.25, 0.3) is 0 Å². The maximum Gasteiger partial charge on any atom is 0.0774 e. The summed E-state index contributed by atoms with van der Waals surface area (Å²) >= 11 is 0. The van der Waals surface area contributed by atoms with E-state index in [4.69, 9.17) is 0 Å². The highest BCUT2D eigenvalue weighted by Gasteiger charge is 2.33. The zero-order chi connectivity index (χ0) is 13.9. The maximum atomic E-state index is 10.7. The van der Waals surface area contributed by atoms with Crippen molar-refractivity contribution in [3.05, 3.63) is 0 Å². The van der Waals surface area contributed by atoms with Crippen molar-refractivity contribution in [3.63, 3.8) is 0 Å². The molecule has 1 saturated heterocycles. The molecule has 0 aromatic carbocycles. The molecule has 19 heavy (non-hydrogen) atoms. The summed E-state index contributed by atoms with van der Waals surface area (Å²) in [6.07, 6.45) is 9.76. The number of hydrogen-bond donors (Lipinski definition) is 1. The predicted molar refractivity (Wildman–Crippen MR) is 81.3 cm³/mol. The topological polar surface area (TPSA) is 23.5 Å². The molecular formula is C17H33NO. The third-order valence-corrected chi connectivity index (χ3v) is 5.35. The first-order chi connectivity index (χ1) is 8.89. The molecule has 0 aromatic heterocycles. The van der Waals surface area contributed by atoms with Gasteiger partial charge in [-0.3, -0.25) is 0 Å². The molecule has 1 unspecified atom stereocenters. The van der Waals surface area contributed by atoms with E-state index in [0.29, 0.717) is 5.41 Å². The van der Waals surface area contributed by atoms with Crippen LogP contribution in [0.5, 0.6) is 0 Å². The summed E-state index contributed by atoms with van der Waals surface area (Å²) in [5.41, 5.74) is 0.0670. The monoisotopic (exact) mass is 267 g/mol. The number of β-amino-alcohol motifs (C(OH)–C–C–N with tert-alkyl or cyclic N) is 1. The number of likely N-dealkylation sites (tertiary alicyclic amines) is 1. The van der Waals surface area contributed by atoms with Crippen molar-refractivity contribution >= 4 is 0 Å². The Hall–Kier alpha value is -0.0800. The molecule has 1 aliphatic heterocycles. The standard InChI is InChI=1S/C17H33NO/c1-16(2,3)15-8-7-12-18(13-9-15)14-17(19)10-5-4-6-11-17/h15,19H,4-14H2,1-3H3. The highest BCUT2D eigenvalue weighted by atomic mass is 16.3. The van der Waals surface area contributed by atoms with E-state index in [1.807, 2.05) is 0 Å². The Labute approximate surface area is 119 Å². The molecular weight excluding hydrogens is 234 g/mol. The van der Waals surface area contributed by atoms with Crippen molar-refractivity contribution in [1.29, 1.82) is 0 Å². The largest absolute Gasteiger partial charge is 0.389 e. The van der Waals surface area contributed by atoms with Crippen LogP contribution < -0.4 is 0 Å². The molecule has 2 aliphatic rings. The van der Waals surface area contributed by atoms with Crippen molar-refractivity contribution in [2.75, 3.05) is 19.6 Å². The molecule has 2 heteroatoms. The summed E-state index contributed by atoms with van der Waals surface area (Å²) in [5, 5.41) is 10.7. The SMILES string of the molecule is CC(C)(C)C1CCCN(CC2(O)CCCCC2)CC1.